The van der Waals surface area contributed by atoms with Gasteiger partial charge in [-0.2, -0.15) is 0 Å². The second kappa shape index (κ2) is 5.67. The minimum absolute atomic E-state index is 0.299. The van der Waals surface area contributed by atoms with Gasteiger partial charge in [-0.15, -0.1) is 11.3 Å². The molecule has 0 fully saturated rings. The van der Waals surface area contributed by atoms with Crippen LogP contribution < -0.4 is 4.90 Å². The molecule has 0 radical (unpaired) electrons. The Kier molecular flexibility index (Phi) is 4.19. The van der Waals surface area contributed by atoms with Crippen LogP contribution in [0.25, 0.3) is 0 Å². The fourth-order valence-electron chi connectivity index (χ4n) is 1.78. The Morgan fingerprint density at radius 2 is 2.22 bits per heavy atom. The van der Waals surface area contributed by atoms with E-state index in [0.717, 1.165) is 17.9 Å². The third-order valence-electron chi connectivity index (χ3n) is 2.72. The molecule has 0 aliphatic carbocycles. The van der Waals surface area contributed by atoms with Crippen LogP contribution in [0.3, 0.4) is 0 Å². The van der Waals surface area contributed by atoms with Crippen molar-refractivity contribution in [2.45, 2.75) is 33.4 Å². The van der Waals surface area contributed by atoms with Gasteiger partial charge in [-0.1, -0.05) is 6.07 Å². The van der Waals surface area contributed by atoms with Gasteiger partial charge in [-0.3, -0.25) is 0 Å². The molecule has 0 saturated heterocycles. The molecule has 2 heterocycles. The predicted octanol–water partition coefficient (Wildman–Crippen LogP) is 3.91. The maximum Gasteiger partial charge on any atom is 0.224 e. The number of rotatable bonds is 4. The largest absolute Gasteiger partial charge is 0.349 e. The van der Waals surface area contributed by atoms with E-state index in [-0.39, 0.29) is 0 Å². The highest BCUT2D eigenvalue weighted by molar-refractivity contribution is 7.09. The molecule has 0 amide bonds. The van der Waals surface area contributed by atoms with Gasteiger partial charge >= 0.3 is 0 Å². The molecule has 0 bridgehead atoms. The van der Waals surface area contributed by atoms with E-state index < -0.39 is 0 Å². The summed E-state index contributed by atoms with van der Waals surface area (Å²) in [6.45, 7) is 7.17. The van der Waals surface area contributed by atoms with Crippen molar-refractivity contribution in [3.05, 3.63) is 39.4 Å². The molecule has 18 heavy (non-hydrogen) atoms. The van der Waals surface area contributed by atoms with E-state index in [9.17, 15) is 0 Å². The van der Waals surface area contributed by atoms with E-state index >= 15 is 0 Å². The molecular weight excluding hydrogens is 266 g/mol. The number of thiophene rings is 1. The number of aromatic nitrogens is 2. The predicted molar refractivity (Wildman–Crippen MR) is 77.4 cm³/mol. The van der Waals surface area contributed by atoms with Crippen molar-refractivity contribution in [2.75, 3.05) is 4.90 Å². The van der Waals surface area contributed by atoms with Crippen LogP contribution in [0.1, 0.15) is 24.3 Å². The maximum atomic E-state index is 5.90. The minimum atomic E-state index is 0.299. The van der Waals surface area contributed by atoms with Gasteiger partial charge in [0.1, 0.15) is 5.82 Å². The van der Waals surface area contributed by atoms with Crippen LogP contribution >= 0.6 is 22.9 Å². The summed E-state index contributed by atoms with van der Waals surface area (Å²) in [6.07, 6.45) is 1.77. The molecule has 3 nitrogen and oxygen atoms in total. The topological polar surface area (TPSA) is 29.0 Å². The van der Waals surface area contributed by atoms with E-state index in [0.29, 0.717) is 11.3 Å². The Morgan fingerprint density at radius 3 is 2.83 bits per heavy atom. The smallest absolute Gasteiger partial charge is 0.224 e. The molecule has 2 aromatic rings. The van der Waals surface area contributed by atoms with Crippen molar-refractivity contribution >= 4 is 28.8 Å². The molecule has 0 N–H and O–H groups in total. The first-order valence-electron chi connectivity index (χ1n) is 5.86. The van der Waals surface area contributed by atoms with Crippen LogP contribution in [0.5, 0.6) is 0 Å². The lowest BCUT2D eigenvalue weighted by Gasteiger charge is -2.28. The standard InChI is InChI=1S/C13H16ClN3S/c1-9(2)17(8-11-5-4-6-18-11)12-10(3)7-15-13(14)16-12/h4-7,9H,8H2,1-3H3. The van der Waals surface area contributed by atoms with Crippen LogP contribution in [-0.2, 0) is 6.54 Å². The monoisotopic (exact) mass is 281 g/mol. The molecule has 0 aliphatic rings. The molecule has 2 aromatic heterocycles. The van der Waals surface area contributed by atoms with Crippen LogP contribution in [0, 0.1) is 6.92 Å². The number of aryl methyl sites for hydroxylation is 1. The summed E-state index contributed by atoms with van der Waals surface area (Å²) >= 11 is 7.66. The molecular formula is C13H16ClN3S. The van der Waals surface area contributed by atoms with Crippen LogP contribution in [0.15, 0.2) is 23.7 Å². The molecule has 0 aromatic carbocycles. The van der Waals surface area contributed by atoms with Crippen LogP contribution in [-0.4, -0.2) is 16.0 Å². The van der Waals surface area contributed by atoms with E-state index in [4.69, 9.17) is 11.6 Å². The third-order valence-corrected chi connectivity index (χ3v) is 3.76. The average molecular weight is 282 g/mol. The number of anilines is 1. The lowest BCUT2D eigenvalue weighted by molar-refractivity contribution is 0.673. The highest BCUT2D eigenvalue weighted by Gasteiger charge is 2.16. The van der Waals surface area contributed by atoms with E-state index in [1.165, 1.54) is 4.88 Å². The number of nitrogens with zero attached hydrogens (tertiary/aromatic N) is 3. The molecule has 0 spiro atoms. The van der Waals surface area contributed by atoms with Gasteiger partial charge in [-0.05, 0) is 43.8 Å². The van der Waals surface area contributed by atoms with Gasteiger partial charge in [-0.25, -0.2) is 9.97 Å². The lowest BCUT2D eigenvalue weighted by Crippen LogP contribution is -2.31. The van der Waals surface area contributed by atoms with Crippen LogP contribution in [0.2, 0.25) is 5.28 Å². The lowest BCUT2D eigenvalue weighted by atomic mass is 10.2. The van der Waals surface area contributed by atoms with Gasteiger partial charge in [0.2, 0.25) is 5.28 Å². The molecule has 0 aliphatic heterocycles. The van der Waals surface area contributed by atoms with Crippen LogP contribution in [0.4, 0.5) is 5.82 Å². The summed E-state index contributed by atoms with van der Waals surface area (Å²) in [4.78, 5) is 11.9. The van der Waals surface area contributed by atoms with E-state index in [1.807, 2.05) is 6.92 Å². The van der Waals surface area contributed by atoms with E-state index in [1.54, 1.807) is 17.5 Å². The van der Waals surface area contributed by atoms with Gasteiger partial charge in [0.05, 0.1) is 6.54 Å². The van der Waals surface area contributed by atoms with Gasteiger partial charge < -0.3 is 4.90 Å². The number of hydrogen-bond donors (Lipinski definition) is 0. The zero-order valence-electron chi connectivity index (χ0n) is 10.7. The van der Waals surface area contributed by atoms with Crippen molar-refractivity contribution in [3.63, 3.8) is 0 Å². The fourth-order valence-corrected chi connectivity index (χ4v) is 2.61. The molecule has 2 rings (SSSR count). The Bertz CT molecular complexity index is 511. The molecule has 0 unspecified atom stereocenters. The first-order chi connectivity index (χ1) is 8.58. The van der Waals surface area contributed by atoms with Gasteiger partial charge in [0.15, 0.2) is 0 Å². The average Bonchev–Trinajstić information content (AvgIpc) is 2.82. The molecule has 5 heteroatoms. The Hall–Kier alpha value is -1.13. The molecule has 0 atom stereocenters. The maximum absolute atomic E-state index is 5.90. The zero-order valence-corrected chi connectivity index (χ0v) is 12.3. The third kappa shape index (κ3) is 3.00. The Morgan fingerprint density at radius 1 is 1.44 bits per heavy atom. The summed E-state index contributed by atoms with van der Waals surface area (Å²) < 4.78 is 0. The molecule has 0 saturated carbocycles. The summed E-state index contributed by atoms with van der Waals surface area (Å²) in [6, 6.07) is 4.56. The minimum Gasteiger partial charge on any atom is -0.349 e. The highest BCUT2D eigenvalue weighted by atomic mass is 35.5. The highest BCUT2D eigenvalue weighted by Crippen LogP contribution is 2.24. The fraction of sp³-hybridized carbons (Fsp3) is 0.385. The summed E-state index contributed by atoms with van der Waals surface area (Å²) in [5.74, 6) is 0.915. The number of halogens is 1. The second-order valence-electron chi connectivity index (χ2n) is 4.45. The first-order valence-corrected chi connectivity index (χ1v) is 7.12. The second-order valence-corrected chi connectivity index (χ2v) is 5.82. The van der Waals surface area contributed by atoms with Crippen molar-refractivity contribution < 1.29 is 0 Å². The SMILES string of the molecule is Cc1cnc(Cl)nc1N(Cc1cccs1)C(C)C. The van der Waals surface area contributed by atoms with Crippen molar-refractivity contribution in [1.82, 2.24) is 9.97 Å². The van der Waals surface area contributed by atoms with Gasteiger partial charge in [0.25, 0.3) is 0 Å². The van der Waals surface area contributed by atoms with Crippen molar-refractivity contribution in [1.29, 1.82) is 0 Å². The Labute approximate surface area is 116 Å². The normalized spacial score (nSPS) is 10.9. The quantitative estimate of drug-likeness (QED) is 0.796. The van der Waals surface area contributed by atoms with Gasteiger partial charge in [0, 0.05) is 22.7 Å². The first kappa shape index (κ1) is 13.3. The van der Waals surface area contributed by atoms with E-state index in [2.05, 4.69) is 46.2 Å². The summed E-state index contributed by atoms with van der Waals surface area (Å²) in [7, 11) is 0. The van der Waals surface area contributed by atoms with Crippen molar-refractivity contribution in [3.8, 4) is 0 Å². The summed E-state index contributed by atoms with van der Waals surface area (Å²) in [5, 5.41) is 2.39. The number of hydrogen-bond acceptors (Lipinski definition) is 4. The Balaban J connectivity index is 2.32. The van der Waals surface area contributed by atoms with Crippen molar-refractivity contribution in [2.24, 2.45) is 0 Å². The summed E-state index contributed by atoms with van der Waals surface area (Å²) in [5.41, 5.74) is 1.05. The zero-order chi connectivity index (χ0) is 13.1. The molecule has 96 valence electrons.